The van der Waals surface area contributed by atoms with Crippen LogP contribution in [0.5, 0.6) is 5.75 Å². The van der Waals surface area contributed by atoms with Gasteiger partial charge >= 0.3 is 12.0 Å². The molecule has 2 atom stereocenters. The van der Waals surface area contributed by atoms with E-state index in [1.54, 1.807) is 52.0 Å². The minimum absolute atomic E-state index is 0.382. The molecule has 0 spiro atoms. The van der Waals surface area contributed by atoms with Gasteiger partial charge in [0.15, 0.2) is 12.2 Å². The minimum atomic E-state index is -1.12. The molecule has 0 aliphatic rings. The van der Waals surface area contributed by atoms with Gasteiger partial charge in [-0.1, -0.05) is 25.1 Å². The first-order chi connectivity index (χ1) is 11.6. The maximum absolute atomic E-state index is 12.2. The van der Waals surface area contributed by atoms with Gasteiger partial charge in [0.2, 0.25) is 0 Å². The van der Waals surface area contributed by atoms with Gasteiger partial charge in [-0.2, -0.15) is 0 Å². The number of rotatable bonds is 6. The molecule has 2 N–H and O–H groups in total. The average Bonchev–Trinajstić information content (AvgIpc) is 2.51. The second kappa shape index (κ2) is 9.05. The third kappa shape index (κ3) is 7.69. The van der Waals surface area contributed by atoms with E-state index in [0.29, 0.717) is 12.2 Å². The van der Waals surface area contributed by atoms with Gasteiger partial charge in [-0.3, -0.25) is 10.1 Å². The molecule has 0 saturated heterocycles. The summed E-state index contributed by atoms with van der Waals surface area (Å²) in [4.78, 5) is 35.8. The second-order valence-electron chi connectivity index (χ2n) is 6.60. The zero-order valence-corrected chi connectivity index (χ0v) is 15.3. The molecule has 1 rings (SSSR count). The Labute approximate surface area is 148 Å². The van der Waals surface area contributed by atoms with E-state index in [1.807, 2.05) is 6.07 Å². The Balaban J connectivity index is 2.55. The minimum Gasteiger partial charge on any atom is -0.479 e. The highest BCUT2D eigenvalue weighted by Gasteiger charge is 2.26. The Kier molecular flexibility index (Phi) is 7.42. The van der Waals surface area contributed by atoms with E-state index >= 15 is 0 Å². The number of para-hydroxylation sites is 1. The van der Waals surface area contributed by atoms with Gasteiger partial charge in [-0.15, -0.1) is 0 Å². The van der Waals surface area contributed by atoms with Crippen LogP contribution in [0.2, 0.25) is 0 Å². The molecule has 0 unspecified atom stereocenters. The lowest BCUT2D eigenvalue weighted by molar-refractivity contribution is -0.161. The number of amides is 3. The highest BCUT2D eigenvalue weighted by molar-refractivity contribution is 5.97. The summed E-state index contributed by atoms with van der Waals surface area (Å²) in [5.41, 5.74) is -0.485. The molecule has 25 heavy (non-hydrogen) atoms. The molecule has 7 heteroatoms. The van der Waals surface area contributed by atoms with Crippen molar-refractivity contribution in [2.75, 3.05) is 0 Å². The van der Waals surface area contributed by atoms with Crippen LogP contribution < -0.4 is 15.4 Å². The van der Waals surface area contributed by atoms with Gasteiger partial charge in [0.05, 0.1) is 0 Å². The van der Waals surface area contributed by atoms with Crippen LogP contribution in [0.3, 0.4) is 0 Å². The third-order valence-electron chi connectivity index (χ3n) is 3.04. The fourth-order valence-electron chi connectivity index (χ4n) is 1.85. The summed E-state index contributed by atoms with van der Waals surface area (Å²) in [5.74, 6) is -0.831. The molecule has 138 valence electrons. The van der Waals surface area contributed by atoms with Gasteiger partial charge in [-0.25, -0.2) is 9.59 Å². The van der Waals surface area contributed by atoms with E-state index in [-0.39, 0.29) is 0 Å². The second-order valence-corrected chi connectivity index (χ2v) is 6.60. The molecule has 0 fully saturated rings. The smallest absolute Gasteiger partial charge is 0.348 e. The van der Waals surface area contributed by atoms with E-state index in [4.69, 9.17) is 9.47 Å². The fourth-order valence-corrected chi connectivity index (χ4v) is 1.85. The van der Waals surface area contributed by atoms with Crippen LogP contribution in [0.25, 0.3) is 0 Å². The zero-order valence-electron chi connectivity index (χ0n) is 15.3. The van der Waals surface area contributed by atoms with Gasteiger partial charge in [0.25, 0.3) is 5.91 Å². The van der Waals surface area contributed by atoms with Crippen molar-refractivity contribution in [1.29, 1.82) is 0 Å². The lowest BCUT2D eigenvalue weighted by Crippen LogP contribution is -2.51. The fraction of sp³-hybridized carbons (Fsp3) is 0.500. The summed E-state index contributed by atoms with van der Waals surface area (Å²) in [7, 11) is 0. The van der Waals surface area contributed by atoms with E-state index < -0.39 is 35.7 Å². The first kappa shape index (κ1) is 20.5. The van der Waals surface area contributed by atoms with Crippen LogP contribution in [-0.4, -0.2) is 35.7 Å². The van der Waals surface area contributed by atoms with Crippen molar-refractivity contribution in [1.82, 2.24) is 10.6 Å². The maximum atomic E-state index is 12.2. The predicted molar refractivity (Wildman–Crippen MR) is 93.1 cm³/mol. The van der Waals surface area contributed by atoms with E-state index in [1.165, 1.54) is 6.92 Å². The number of hydrogen-bond acceptors (Lipinski definition) is 5. The molecular formula is C18H26N2O5. The van der Waals surface area contributed by atoms with Crippen LogP contribution in [0.4, 0.5) is 4.79 Å². The molecule has 7 nitrogen and oxygen atoms in total. The van der Waals surface area contributed by atoms with Crippen molar-refractivity contribution in [3.05, 3.63) is 30.3 Å². The molecule has 0 aliphatic carbocycles. The quantitative estimate of drug-likeness (QED) is 0.769. The van der Waals surface area contributed by atoms with Gasteiger partial charge in [0, 0.05) is 5.54 Å². The van der Waals surface area contributed by atoms with Crippen molar-refractivity contribution in [2.24, 2.45) is 0 Å². The SMILES string of the molecule is CC[C@H](Oc1ccccc1)C(=O)O[C@@H](C)C(=O)NC(=O)NC(C)(C)C. The molecule has 0 saturated carbocycles. The zero-order chi connectivity index (χ0) is 19.0. The number of carbonyl (C=O) groups excluding carboxylic acids is 3. The molecule has 0 radical (unpaired) electrons. The Bertz CT molecular complexity index is 595. The lowest BCUT2D eigenvalue weighted by Gasteiger charge is -2.22. The molecule has 0 bridgehead atoms. The third-order valence-corrected chi connectivity index (χ3v) is 3.04. The standard InChI is InChI=1S/C18H26N2O5/c1-6-14(25-13-10-8-7-9-11-13)16(22)24-12(2)15(21)19-17(23)20-18(3,4)5/h7-12,14H,6H2,1-5H3,(H2,19,20,21,23)/t12-,14-/m0/s1. The molecule has 1 aromatic carbocycles. The number of urea groups is 1. The number of esters is 1. The number of hydrogen-bond donors (Lipinski definition) is 2. The highest BCUT2D eigenvalue weighted by Crippen LogP contribution is 2.14. The van der Waals surface area contributed by atoms with Gasteiger partial charge in [0.1, 0.15) is 5.75 Å². The monoisotopic (exact) mass is 350 g/mol. The van der Waals surface area contributed by atoms with Crippen LogP contribution in [0.15, 0.2) is 30.3 Å². The summed E-state index contributed by atoms with van der Waals surface area (Å²) >= 11 is 0. The Morgan fingerprint density at radius 2 is 1.72 bits per heavy atom. The summed E-state index contributed by atoms with van der Waals surface area (Å²) in [6, 6.07) is 8.22. The number of ether oxygens (including phenoxy) is 2. The lowest BCUT2D eigenvalue weighted by atomic mass is 10.1. The number of benzene rings is 1. The molecule has 3 amide bonds. The number of imide groups is 1. The van der Waals surface area contributed by atoms with Crippen molar-refractivity contribution >= 4 is 17.9 Å². The van der Waals surface area contributed by atoms with Crippen LogP contribution in [0.1, 0.15) is 41.0 Å². The molecule has 0 aliphatic heterocycles. The number of nitrogens with one attached hydrogen (secondary N) is 2. The van der Waals surface area contributed by atoms with Gasteiger partial charge in [-0.05, 0) is 46.2 Å². The molecule has 0 aromatic heterocycles. The molecular weight excluding hydrogens is 324 g/mol. The van der Waals surface area contributed by atoms with Crippen LogP contribution in [-0.2, 0) is 14.3 Å². The summed E-state index contributed by atoms with van der Waals surface area (Å²) in [5, 5.41) is 4.73. The van der Waals surface area contributed by atoms with Crippen LogP contribution >= 0.6 is 0 Å². The largest absolute Gasteiger partial charge is 0.479 e. The van der Waals surface area contributed by atoms with Crippen molar-refractivity contribution in [3.8, 4) is 5.75 Å². The normalized spacial score (nSPS) is 13.3. The first-order valence-corrected chi connectivity index (χ1v) is 8.17. The summed E-state index contributed by atoms with van der Waals surface area (Å²) in [6.45, 7) is 8.52. The van der Waals surface area contributed by atoms with Crippen molar-refractivity contribution in [3.63, 3.8) is 0 Å². The molecule has 0 heterocycles. The van der Waals surface area contributed by atoms with E-state index in [9.17, 15) is 14.4 Å². The van der Waals surface area contributed by atoms with E-state index in [0.717, 1.165) is 0 Å². The first-order valence-electron chi connectivity index (χ1n) is 8.17. The average molecular weight is 350 g/mol. The van der Waals surface area contributed by atoms with Crippen molar-refractivity contribution < 1.29 is 23.9 Å². The summed E-state index contributed by atoms with van der Waals surface area (Å²) < 4.78 is 10.7. The Morgan fingerprint density at radius 3 is 2.24 bits per heavy atom. The Hall–Kier alpha value is -2.57. The van der Waals surface area contributed by atoms with Gasteiger partial charge < -0.3 is 14.8 Å². The number of carbonyl (C=O) groups is 3. The van der Waals surface area contributed by atoms with Crippen LogP contribution in [0, 0.1) is 0 Å². The van der Waals surface area contributed by atoms with Crippen molar-refractivity contribution in [2.45, 2.75) is 58.8 Å². The van der Waals surface area contributed by atoms with E-state index in [2.05, 4.69) is 10.6 Å². The predicted octanol–water partition coefficient (Wildman–Crippen LogP) is 2.40. The maximum Gasteiger partial charge on any atom is 0.348 e. The topological polar surface area (TPSA) is 93.7 Å². The Morgan fingerprint density at radius 1 is 1.12 bits per heavy atom. The highest BCUT2D eigenvalue weighted by atomic mass is 16.6. The summed E-state index contributed by atoms with van der Waals surface area (Å²) in [6.07, 6.45) is -1.57. The molecule has 1 aromatic rings.